The first kappa shape index (κ1) is 24.0. The van der Waals surface area contributed by atoms with Gasteiger partial charge in [0.25, 0.3) is 0 Å². The first-order valence-electron chi connectivity index (χ1n) is 12.1. The number of carbonyl (C=O) groups is 1. The van der Waals surface area contributed by atoms with E-state index in [0.29, 0.717) is 28.9 Å². The smallest absolute Gasteiger partial charge is 0.235 e. The fraction of sp³-hybridized carbons (Fsp3) is 0.600. The molecule has 1 unspecified atom stereocenters. The van der Waals surface area contributed by atoms with Gasteiger partial charge in [-0.05, 0) is 36.7 Å². The maximum Gasteiger partial charge on any atom is 0.235 e. The summed E-state index contributed by atoms with van der Waals surface area (Å²) in [6.45, 7) is 6.75. The van der Waals surface area contributed by atoms with Crippen molar-refractivity contribution in [3.63, 3.8) is 0 Å². The molecule has 2 aliphatic carbocycles. The van der Waals surface area contributed by atoms with Crippen molar-refractivity contribution in [2.45, 2.75) is 82.8 Å². The first-order chi connectivity index (χ1) is 16.1. The number of rotatable bonds is 9. The number of allylic oxidation sites excluding steroid dienone is 1. The number of hydrogen-bond acceptors (Lipinski definition) is 6. The molecule has 176 valence electrons. The molecule has 0 aliphatic heterocycles. The number of aromatic nitrogens is 3. The van der Waals surface area contributed by atoms with E-state index in [1.807, 2.05) is 6.08 Å². The van der Waals surface area contributed by atoms with Crippen molar-refractivity contribution in [1.29, 1.82) is 5.26 Å². The summed E-state index contributed by atoms with van der Waals surface area (Å²) in [6.07, 6.45) is 13.5. The molecule has 33 heavy (non-hydrogen) atoms. The minimum absolute atomic E-state index is 0.107. The number of thiophene rings is 1. The van der Waals surface area contributed by atoms with E-state index in [9.17, 15) is 10.1 Å². The Morgan fingerprint density at radius 3 is 2.85 bits per heavy atom. The van der Waals surface area contributed by atoms with E-state index in [0.717, 1.165) is 48.6 Å². The fourth-order valence-electron chi connectivity index (χ4n) is 5.04. The third-order valence-electron chi connectivity index (χ3n) is 6.94. The normalized spacial score (nSPS) is 18.5. The lowest BCUT2D eigenvalue weighted by molar-refractivity contribution is -0.113. The molecule has 1 saturated carbocycles. The third-order valence-corrected chi connectivity index (χ3v) is 9.08. The molecule has 1 N–H and O–H groups in total. The number of nitriles is 1. The highest BCUT2D eigenvalue weighted by molar-refractivity contribution is 7.99. The van der Waals surface area contributed by atoms with Crippen molar-refractivity contribution in [2.24, 2.45) is 11.8 Å². The van der Waals surface area contributed by atoms with Crippen LogP contribution < -0.4 is 5.32 Å². The number of nitrogens with zero attached hydrogens (tertiary/aromatic N) is 4. The van der Waals surface area contributed by atoms with Crippen LogP contribution in [0.15, 0.2) is 17.8 Å². The van der Waals surface area contributed by atoms with Crippen LogP contribution in [0.3, 0.4) is 0 Å². The van der Waals surface area contributed by atoms with Crippen molar-refractivity contribution >= 4 is 34.0 Å². The number of fused-ring (bicyclic) bond motifs is 1. The summed E-state index contributed by atoms with van der Waals surface area (Å²) in [5.74, 6) is 2.48. The van der Waals surface area contributed by atoms with Crippen molar-refractivity contribution in [1.82, 2.24) is 14.8 Å². The van der Waals surface area contributed by atoms with E-state index in [-0.39, 0.29) is 11.7 Å². The second-order valence-corrected chi connectivity index (χ2v) is 11.2. The van der Waals surface area contributed by atoms with Crippen LogP contribution in [0.5, 0.6) is 0 Å². The largest absolute Gasteiger partial charge is 0.316 e. The van der Waals surface area contributed by atoms with Crippen LogP contribution in [-0.2, 0) is 30.6 Å². The lowest BCUT2D eigenvalue weighted by atomic mass is 9.86. The third kappa shape index (κ3) is 5.70. The quantitative estimate of drug-likeness (QED) is 0.362. The maximum atomic E-state index is 12.8. The number of carbonyl (C=O) groups excluding carboxylic acids is 1. The Bertz CT molecular complexity index is 1030. The molecule has 6 nitrogen and oxygen atoms in total. The summed E-state index contributed by atoms with van der Waals surface area (Å²) in [4.78, 5) is 14.0. The van der Waals surface area contributed by atoms with Gasteiger partial charge >= 0.3 is 0 Å². The molecule has 0 radical (unpaired) electrons. The van der Waals surface area contributed by atoms with Gasteiger partial charge in [-0.25, -0.2) is 0 Å². The molecule has 1 atom stereocenters. The molecule has 2 aromatic heterocycles. The molecule has 1 amide bonds. The minimum Gasteiger partial charge on any atom is -0.316 e. The zero-order chi connectivity index (χ0) is 23.2. The molecule has 0 bridgehead atoms. The number of amides is 1. The molecule has 1 fully saturated rings. The molecular weight excluding hydrogens is 450 g/mol. The van der Waals surface area contributed by atoms with Gasteiger partial charge in [-0.1, -0.05) is 63.3 Å². The highest BCUT2D eigenvalue weighted by Gasteiger charge is 2.26. The first-order valence-corrected chi connectivity index (χ1v) is 13.9. The Labute approximate surface area is 204 Å². The standard InChI is InChI=1S/C25H33N5OS2/c1-3-12-30-22(14-18-8-6-5-7-9-18)28-29-25(30)32-16-23(31)27-24-20(15-26)19-11-10-17(4-2)13-21(19)33-24/h3,17-18H,1,4-14,16H2,2H3,(H,27,31). The van der Waals surface area contributed by atoms with Gasteiger partial charge in [-0.15, -0.1) is 28.1 Å². The average Bonchev–Trinajstić information content (AvgIpc) is 3.38. The number of hydrogen-bond donors (Lipinski definition) is 1. The van der Waals surface area contributed by atoms with Gasteiger partial charge in [0.2, 0.25) is 5.91 Å². The van der Waals surface area contributed by atoms with E-state index in [1.54, 1.807) is 11.3 Å². The number of thioether (sulfide) groups is 1. The predicted molar refractivity (Wildman–Crippen MR) is 135 cm³/mol. The van der Waals surface area contributed by atoms with Crippen molar-refractivity contribution in [2.75, 3.05) is 11.1 Å². The lowest BCUT2D eigenvalue weighted by Gasteiger charge is -2.21. The Morgan fingerprint density at radius 2 is 2.12 bits per heavy atom. The van der Waals surface area contributed by atoms with E-state index in [2.05, 4.69) is 39.7 Å². The van der Waals surface area contributed by atoms with Crippen LogP contribution in [-0.4, -0.2) is 26.4 Å². The molecular formula is C25H33N5OS2. The van der Waals surface area contributed by atoms with Gasteiger partial charge in [0.15, 0.2) is 5.16 Å². The van der Waals surface area contributed by atoms with Crippen LogP contribution in [0.4, 0.5) is 5.00 Å². The summed E-state index contributed by atoms with van der Waals surface area (Å²) < 4.78 is 2.09. The van der Waals surface area contributed by atoms with E-state index < -0.39 is 0 Å². The van der Waals surface area contributed by atoms with Crippen LogP contribution in [0.2, 0.25) is 0 Å². The molecule has 0 saturated heterocycles. The number of nitrogens with one attached hydrogen (secondary N) is 1. The summed E-state index contributed by atoms with van der Waals surface area (Å²) in [5.41, 5.74) is 1.81. The van der Waals surface area contributed by atoms with Gasteiger partial charge in [-0.3, -0.25) is 4.79 Å². The number of anilines is 1. The molecule has 2 aliphatic rings. The van der Waals surface area contributed by atoms with E-state index >= 15 is 0 Å². The fourth-order valence-corrected chi connectivity index (χ4v) is 7.14. The van der Waals surface area contributed by atoms with Crippen molar-refractivity contribution < 1.29 is 4.79 Å². The van der Waals surface area contributed by atoms with Crippen LogP contribution in [0, 0.1) is 23.2 Å². The minimum atomic E-state index is -0.107. The predicted octanol–water partition coefficient (Wildman–Crippen LogP) is 5.77. The average molecular weight is 484 g/mol. The van der Waals surface area contributed by atoms with Gasteiger partial charge in [-0.2, -0.15) is 5.26 Å². The SMILES string of the molecule is C=CCn1c(CC2CCCCC2)nnc1SCC(=O)Nc1sc2c(c1C#N)CCC(CC)C2. The summed E-state index contributed by atoms with van der Waals surface area (Å²) >= 11 is 2.98. The Kier molecular flexibility index (Phi) is 8.26. The molecule has 0 spiro atoms. The van der Waals surface area contributed by atoms with Crippen LogP contribution in [0.1, 0.15) is 73.7 Å². The zero-order valence-electron chi connectivity index (χ0n) is 19.4. The monoisotopic (exact) mass is 483 g/mol. The van der Waals surface area contributed by atoms with Crippen molar-refractivity contribution in [3.8, 4) is 6.07 Å². The highest BCUT2D eigenvalue weighted by atomic mass is 32.2. The molecule has 0 aromatic carbocycles. The van der Waals surface area contributed by atoms with E-state index in [4.69, 9.17) is 0 Å². The van der Waals surface area contributed by atoms with Crippen molar-refractivity contribution in [3.05, 3.63) is 34.5 Å². The van der Waals surface area contributed by atoms with Gasteiger partial charge in [0.1, 0.15) is 16.9 Å². The zero-order valence-corrected chi connectivity index (χ0v) is 21.1. The molecule has 4 rings (SSSR count). The van der Waals surface area contributed by atoms with E-state index in [1.165, 1.54) is 48.7 Å². The maximum absolute atomic E-state index is 12.8. The second-order valence-electron chi connectivity index (χ2n) is 9.18. The Morgan fingerprint density at radius 1 is 1.30 bits per heavy atom. The second kappa shape index (κ2) is 11.3. The summed E-state index contributed by atoms with van der Waals surface area (Å²) in [6, 6.07) is 2.33. The summed E-state index contributed by atoms with van der Waals surface area (Å²) in [5, 5.41) is 23.0. The molecule has 2 aromatic rings. The van der Waals surface area contributed by atoms with Gasteiger partial charge in [0.05, 0.1) is 11.3 Å². The molecule has 8 heteroatoms. The highest BCUT2D eigenvalue weighted by Crippen LogP contribution is 2.40. The Balaban J connectivity index is 1.39. The topological polar surface area (TPSA) is 83.6 Å². The molecule has 2 heterocycles. The Hall–Kier alpha value is -2.11. The van der Waals surface area contributed by atoms with Gasteiger partial charge < -0.3 is 9.88 Å². The lowest BCUT2D eigenvalue weighted by Crippen LogP contribution is -2.16. The van der Waals surface area contributed by atoms with Gasteiger partial charge in [0, 0.05) is 17.8 Å². The van der Waals surface area contributed by atoms with Crippen LogP contribution in [0.25, 0.3) is 0 Å². The van der Waals surface area contributed by atoms with Crippen LogP contribution >= 0.6 is 23.1 Å². The summed E-state index contributed by atoms with van der Waals surface area (Å²) in [7, 11) is 0.